The number of phosphoric acid groups is 3. The van der Waals surface area contributed by atoms with Crippen LogP contribution in [-0.4, -0.2) is 95.0 Å². The van der Waals surface area contributed by atoms with Crippen molar-refractivity contribution < 1.29 is 70.2 Å². The minimum Gasteiger partial charge on any atom is -0.466 e. The van der Waals surface area contributed by atoms with Crippen LogP contribution in [0.25, 0.3) is 11.0 Å². The third kappa shape index (κ3) is 17.6. The van der Waals surface area contributed by atoms with E-state index in [1.54, 1.807) is 17.0 Å². The molecule has 1 saturated heterocycles. The minimum atomic E-state index is -5.75. The largest absolute Gasteiger partial charge is 0.490 e. The molecule has 2 aromatic heterocycles. The van der Waals surface area contributed by atoms with Crippen molar-refractivity contribution in [2.75, 3.05) is 43.7 Å². The van der Waals surface area contributed by atoms with Gasteiger partial charge in [0.15, 0.2) is 5.65 Å². The van der Waals surface area contributed by atoms with Gasteiger partial charge in [0.1, 0.15) is 18.3 Å². The molecule has 3 heterocycles. The van der Waals surface area contributed by atoms with E-state index in [0.29, 0.717) is 19.0 Å². The average Bonchev–Trinajstić information content (AvgIpc) is 3.63. The van der Waals surface area contributed by atoms with Crippen molar-refractivity contribution in [3.05, 3.63) is 22.1 Å². The first kappa shape index (κ1) is 49.2. The van der Waals surface area contributed by atoms with Gasteiger partial charge in [-0.1, -0.05) is 56.2 Å². The molecule has 1 aliphatic rings. The molecular weight excluding hydrogens is 882 g/mol. The van der Waals surface area contributed by atoms with E-state index in [9.17, 15) is 33.1 Å². The number of aromatic nitrogens is 3. The van der Waals surface area contributed by atoms with Gasteiger partial charge in [0, 0.05) is 30.4 Å². The lowest BCUT2D eigenvalue weighted by molar-refractivity contribution is -0.143. The Hall–Kier alpha value is -1.19. The van der Waals surface area contributed by atoms with E-state index in [4.69, 9.17) is 50.2 Å². The van der Waals surface area contributed by atoms with Gasteiger partial charge < -0.3 is 48.8 Å². The highest BCUT2D eigenvalue weighted by molar-refractivity contribution is 8.77. The molecule has 0 amide bonds. The Morgan fingerprint density at radius 2 is 1.91 bits per heavy atom. The van der Waals surface area contributed by atoms with Crippen LogP contribution in [-0.2, 0) is 71.2 Å². The highest BCUT2D eigenvalue weighted by atomic mass is 33.1. The summed E-state index contributed by atoms with van der Waals surface area (Å²) in [6.07, 6.45) is 4.07. The van der Waals surface area contributed by atoms with Crippen molar-refractivity contribution in [1.82, 2.24) is 14.5 Å². The van der Waals surface area contributed by atoms with Gasteiger partial charge in [-0.2, -0.15) is 13.6 Å². The molecule has 0 bridgehead atoms. The van der Waals surface area contributed by atoms with Gasteiger partial charge in [-0.05, 0) is 50.6 Å². The Kier molecular flexibility index (Phi) is 19.7. The fourth-order valence-electron chi connectivity index (χ4n) is 5.14. The van der Waals surface area contributed by atoms with Gasteiger partial charge in [-0.25, -0.2) is 13.7 Å². The molecule has 2 aromatic rings. The van der Waals surface area contributed by atoms with Crippen LogP contribution in [0.5, 0.6) is 0 Å². The number of nitrogens with one attached hydrogen (secondary N) is 1. The van der Waals surface area contributed by atoms with Gasteiger partial charge in [0.05, 0.1) is 42.6 Å². The van der Waals surface area contributed by atoms with E-state index in [0.717, 1.165) is 19.3 Å². The number of anilines is 1. The first-order valence-electron chi connectivity index (χ1n) is 16.9. The second-order valence-electron chi connectivity index (χ2n) is 12.7. The average molecular weight is 929 g/mol. The number of rotatable bonds is 24. The third-order valence-electron chi connectivity index (χ3n) is 7.35. The summed E-state index contributed by atoms with van der Waals surface area (Å²) in [6, 6.07) is 0. The maximum Gasteiger partial charge on any atom is 0.490 e. The fraction of sp³-hybridized carbons (Fsp3) is 0.690. The standard InChI is InChI=1S/C29H47N4O16P3S4/c1-5-12-29(2,3)55-54-18-43-13-8-9-14-44-24(34)11-7-6-10-20-16-33(26-25(20)27(35)32-28(30)31-26)23-15-21(45-19-56(4)53)22(47-23)17-46-51(39,40)49-52(41,42)48-50(36,37)38/h16,21-23H,5,7-9,11-15,17-19H2,1-4H3,(H,39,40)(H,41,42)(H2,36,37,38)(H3,30,31,32,35)/t21-,22+,23+,56?/m0/s1. The van der Waals surface area contributed by atoms with E-state index < -0.39 is 69.5 Å². The Morgan fingerprint density at radius 3 is 2.59 bits per heavy atom. The zero-order chi connectivity index (χ0) is 41.7. The van der Waals surface area contributed by atoms with Gasteiger partial charge in [0.25, 0.3) is 5.56 Å². The quantitative estimate of drug-likeness (QED) is 0.0213. The highest BCUT2D eigenvalue weighted by Gasteiger charge is 2.44. The summed E-state index contributed by atoms with van der Waals surface area (Å²) >= 11 is 5.20. The molecule has 20 nitrogen and oxygen atoms in total. The Labute approximate surface area is 338 Å². The van der Waals surface area contributed by atoms with Crippen molar-refractivity contribution in [3.8, 4) is 11.8 Å². The maximum atomic E-state index is 13.0. The first-order chi connectivity index (χ1) is 26.1. The van der Waals surface area contributed by atoms with Crippen molar-refractivity contribution in [2.45, 2.75) is 88.9 Å². The van der Waals surface area contributed by atoms with E-state index in [2.05, 4.69) is 51.2 Å². The van der Waals surface area contributed by atoms with Crippen molar-refractivity contribution in [3.63, 3.8) is 0 Å². The lowest BCUT2D eigenvalue weighted by Crippen LogP contribution is -2.29. The Morgan fingerprint density at radius 1 is 1.20 bits per heavy atom. The predicted molar refractivity (Wildman–Crippen MR) is 215 cm³/mol. The van der Waals surface area contributed by atoms with E-state index in [-0.39, 0.29) is 59.1 Å². The Balaban J connectivity index is 1.61. The number of carbonyl (C=O) groups excluding carboxylic acids is 1. The van der Waals surface area contributed by atoms with Crippen LogP contribution >= 0.6 is 45.1 Å². The lowest BCUT2D eigenvalue weighted by atomic mass is 10.1. The molecular formula is C29H47N4O16P3S4. The normalized spacial score (nSPS) is 20.2. The molecule has 0 saturated carbocycles. The molecule has 6 atom stereocenters. The molecule has 1 fully saturated rings. The molecule has 56 heavy (non-hydrogen) atoms. The number of nitrogens with zero attached hydrogens (tertiary/aromatic N) is 2. The van der Waals surface area contributed by atoms with Crippen molar-refractivity contribution in [2.24, 2.45) is 0 Å². The number of esters is 1. The molecule has 3 rings (SSSR count). The van der Waals surface area contributed by atoms with Crippen molar-refractivity contribution in [1.29, 1.82) is 0 Å². The number of ether oxygens (including phenoxy) is 4. The van der Waals surface area contributed by atoms with E-state index >= 15 is 0 Å². The zero-order valence-electron chi connectivity index (χ0n) is 30.9. The minimum absolute atomic E-state index is 0.00901. The van der Waals surface area contributed by atoms with Crippen LogP contribution in [0.3, 0.4) is 0 Å². The Bertz CT molecular complexity index is 1930. The molecule has 0 aromatic carbocycles. The molecule has 27 heteroatoms. The fourth-order valence-corrected chi connectivity index (χ4v) is 11.1. The summed E-state index contributed by atoms with van der Waals surface area (Å²) < 4.78 is 72.0. The number of nitrogens with two attached hydrogens (primary N) is 1. The number of aromatic amines is 1. The summed E-state index contributed by atoms with van der Waals surface area (Å²) in [5.74, 6) is 5.77. The number of carbonyl (C=O) groups is 1. The van der Waals surface area contributed by atoms with E-state index in [1.807, 2.05) is 10.8 Å². The van der Waals surface area contributed by atoms with Gasteiger partial charge >= 0.3 is 29.4 Å². The summed E-state index contributed by atoms with van der Waals surface area (Å²) in [4.78, 5) is 69.0. The van der Waals surface area contributed by atoms with Gasteiger partial charge in [-0.15, -0.1) is 0 Å². The zero-order valence-corrected chi connectivity index (χ0v) is 36.9. The topological polar surface area (TPSA) is 291 Å². The summed E-state index contributed by atoms with van der Waals surface area (Å²) in [5.41, 5.74) is 5.54. The van der Waals surface area contributed by atoms with Crippen LogP contribution in [0.15, 0.2) is 11.0 Å². The summed E-state index contributed by atoms with van der Waals surface area (Å²) in [5, 5.41) is 0.0663. The number of fused-ring (bicyclic) bond motifs is 1. The summed E-state index contributed by atoms with van der Waals surface area (Å²) in [6.45, 7) is 6.62. The maximum absolute atomic E-state index is 13.0. The highest BCUT2D eigenvalue weighted by Crippen LogP contribution is 2.66. The monoisotopic (exact) mass is 928 g/mol. The van der Waals surface area contributed by atoms with Crippen LogP contribution in [0.1, 0.15) is 77.5 Å². The van der Waals surface area contributed by atoms with Crippen LogP contribution in [0.4, 0.5) is 5.95 Å². The number of H-pyrrole nitrogens is 1. The third-order valence-corrected chi connectivity index (χ3v) is 14.9. The first-order valence-corrected chi connectivity index (χ1v) is 26.5. The van der Waals surface area contributed by atoms with Crippen LogP contribution in [0, 0.1) is 11.8 Å². The van der Waals surface area contributed by atoms with Gasteiger partial charge in [-0.3, -0.25) is 19.1 Å². The molecule has 0 radical (unpaired) electrons. The second-order valence-corrected chi connectivity index (χ2v) is 23.2. The lowest BCUT2D eigenvalue weighted by Gasteiger charge is -2.22. The number of nitrogen functional groups attached to an aromatic ring is 1. The molecule has 3 unspecified atom stereocenters. The smallest absolute Gasteiger partial charge is 0.466 e. The van der Waals surface area contributed by atoms with Gasteiger partial charge in [0.2, 0.25) is 5.95 Å². The molecule has 1 aliphatic heterocycles. The molecule has 0 spiro atoms. The molecule has 318 valence electrons. The van der Waals surface area contributed by atoms with Crippen LogP contribution < -0.4 is 11.3 Å². The number of hydrogen-bond acceptors (Lipinski definition) is 17. The summed E-state index contributed by atoms with van der Waals surface area (Å²) in [7, 11) is -13.9. The van der Waals surface area contributed by atoms with Crippen molar-refractivity contribution >= 4 is 88.6 Å². The van der Waals surface area contributed by atoms with E-state index in [1.165, 1.54) is 10.8 Å². The number of hydrogen-bond donors (Lipinski definition) is 6. The predicted octanol–water partition coefficient (Wildman–Crippen LogP) is 4.38. The second kappa shape index (κ2) is 22.4. The number of phosphoric ester groups is 1. The number of unbranched alkanes of at least 4 members (excludes halogenated alkanes) is 1. The molecule has 7 N–H and O–H groups in total. The van der Waals surface area contributed by atoms with Crippen LogP contribution in [0.2, 0.25) is 0 Å². The molecule has 0 aliphatic carbocycles. The SMILES string of the molecule is CCCC(C)(C)SSCOCCCCOC(=O)CCC#Cc1cn([C@H]2C[C@H](OCS(C)=S)[C@@H](COP(=O)(O)OP(=O)(O)OP(=O)(O)O)O2)c2nc(N)[nH]c(=O)c12.